The molecular weight excluding hydrogens is 244 g/mol. The van der Waals surface area contributed by atoms with Crippen molar-refractivity contribution in [1.29, 1.82) is 5.26 Å². The fourth-order valence-corrected chi connectivity index (χ4v) is 1.50. The summed E-state index contributed by atoms with van der Waals surface area (Å²) in [5, 5.41) is 29.1. The van der Waals surface area contributed by atoms with Crippen LogP contribution >= 0.6 is 0 Å². The van der Waals surface area contributed by atoms with Gasteiger partial charge in [0.25, 0.3) is 0 Å². The van der Waals surface area contributed by atoms with Crippen LogP contribution in [0.2, 0.25) is 0 Å². The number of nitriles is 1. The van der Waals surface area contributed by atoms with Crippen LogP contribution in [0.25, 0.3) is 0 Å². The van der Waals surface area contributed by atoms with E-state index >= 15 is 0 Å². The number of carboxylic acid groups (broad SMARTS) is 1. The molecule has 1 rings (SSSR count). The zero-order valence-electron chi connectivity index (χ0n) is 11.6. The average Bonchev–Trinajstić information content (AvgIpc) is 2.39. The predicted octanol–water partition coefficient (Wildman–Crippen LogP) is 1.88. The van der Waals surface area contributed by atoms with Crippen LogP contribution in [0.3, 0.4) is 0 Å². The van der Waals surface area contributed by atoms with Crippen molar-refractivity contribution in [2.45, 2.75) is 34.1 Å². The lowest BCUT2D eigenvalue weighted by molar-refractivity contribution is -0.147. The van der Waals surface area contributed by atoms with Crippen LogP contribution < -0.4 is 5.32 Å². The number of nitrogens with zero attached hydrogens (tertiary/aromatic N) is 3. The van der Waals surface area contributed by atoms with E-state index in [1.54, 1.807) is 20.8 Å². The molecule has 0 aliphatic carbocycles. The van der Waals surface area contributed by atoms with Gasteiger partial charge in [-0.1, -0.05) is 6.92 Å². The molecule has 0 aliphatic heterocycles. The Morgan fingerprint density at radius 1 is 1.47 bits per heavy atom. The quantitative estimate of drug-likeness (QED) is 0.840. The van der Waals surface area contributed by atoms with Crippen LogP contribution in [0, 0.1) is 30.6 Å². The molecule has 1 heterocycles. The Morgan fingerprint density at radius 3 is 2.58 bits per heavy atom. The van der Waals surface area contributed by atoms with Gasteiger partial charge in [-0.25, -0.2) is 0 Å². The first kappa shape index (κ1) is 14.9. The first-order chi connectivity index (χ1) is 8.85. The molecule has 0 saturated heterocycles. The van der Waals surface area contributed by atoms with Crippen molar-refractivity contribution in [3.8, 4) is 6.07 Å². The summed E-state index contributed by atoms with van der Waals surface area (Å²) in [6.07, 6.45) is 0.482. The lowest BCUT2D eigenvalue weighted by Gasteiger charge is -2.23. The first-order valence-corrected chi connectivity index (χ1v) is 6.07. The first-order valence-electron chi connectivity index (χ1n) is 6.07. The van der Waals surface area contributed by atoms with Crippen molar-refractivity contribution in [2.75, 3.05) is 11.9 Å². The molecule has 1 atom stereocenters. The topological polar surface area (TPSA) is 98.9 Å². The minimum absolute atomic E-state index is 0.199. The highest BCUT2D eigenvalue weighted by atomic mass is 16.4. The third-order valence-corrected chi connectivity index (χ3v) is 3.51. The highest BCUT2D eigenvalue weighted by molar-refractivity contribution is 5.75. The van der Waals surface area contributed by atoms with Gasteiger partial charge >= 0.3 is 5.97 Å². The minimum Gasteiger partial charge on any atom is -0.481 e. The Kier molecular flexibility index (Phi) is 4.43. The van der Waals surface area contributed by atoms with Crippen LogP contribution in [0.15, 0.2) is 0 Å². The number of aryl methyl sites for hydroxylation is 1. The van der Waals surface area contributed by atoms with Gasteiger partial charge in [0.1, 0.15) is 11.6 Å². The third kappa shape index (κ3) is 2.99. The second-order valence-electron chi connectivity index (χ2n) is 4.82. The number of nitrogens with one attached hydrogen (secondary N) is 1. The van der Waals surface area contributed by atoms with Crippen molar-refractivity contribution < 1.29 is 9.90 Å². The molecule has 0 amide bonds. The van der Waals surface area contributed by atoms with Gasteiger partial charge in [0.15, 0.2) is 5.82 Å². The molecule has 6 heteroatoms. The van der Waals surface area contributed by atoms with Gasteiger partial charge in [-0.15, -0.1) is 5.10 Å². The molecule has 1 unspecified atom stereocenters. The van der Waals surface area contributed by atoms with Crippen molar-refractivity contribution in [3.63, 3.8) is 0 Å². The largest absolute Gasteiger partial charge is 0.481 e. The van der Waals surface area contributed by atoms with Gasteiger partial charge < -0.3 is 10.4 Å². The second-order valence-corrected chi connectivity index (χ2v) is 4.82. The summed E-state index contributed by atoms with van der Waals surface area (Å²) < 4.78 is 0. The maximum absolute atomic E-state index is 11.2. The van der Waals surface area contributed by atoms with E-state index < -0.39 is 11.4 Å². The van der Waals surface area contributed by atoms with E-state index in [1.165, 1.54) is 0 Å². The van der Waals surface area contributed by atoms with Crippen LogP contribution in [-0.4, -0.2) is 27.8 Å². The number of aromatic nitrogens is 2. The maximum Gasteiger partial charge on any atom is 0.311 e. The second kappa shape index (κ2) is 5.65. The van der Waals surface area contributed by atoms with Gasteiger partial charge in [0.05, 0.1) is 11.1 Å². The van der Waals surface area contributed by atoms with Gasteiger partial charge in [-0.05, 0) is 32.8 Å². The molecule has 2 N–H and O–H groups in total. The van der Waals surface area contributed by atoms with E-state index in [0.29, 0.717) is 23.5 Å². The fraction of sp³-hybridized carbons (Fsp3) is 0.538. The van der Waals surface area contributed by atoms with Crippen LogP contribution in [0.5, 0.6) is 0 Å². The van der Waals surface area contributed by atoms with E-state index in [4.69, 9.17) is 5.26 Å². The number of hydrogen-bond acceptors (Lipinski definition) is 5. The lowest BCUT2D eigenvalue weighted by atomic mass is 9.87. The summed E-state index contributed by atoms with van der Waals surface area (Å²) in [6, 6.07) is 2.08. The number of hydrogen-bond donors (Lipinski definition) is 2. The fourth-order valence-electron chi connectivity index (χ4n) is 1.50. The minimum atomic E-state index is -0.896. The molecule has 6 nitrogen and oxygen atoms in total. The van der Waals surface area contributed by atoms with Crippen molar-refractivity contribution in [2.24, 2.45) is 5.41 Å². The van der Waals surface area contributed by atoms with E-state index in [-0.39, 0.29) is 6.54 Å². The summed E-state index contributed by atoms with van der Waals surface area (Å²) in [7, 11) is 0. The normalized spacial score (nSPS) is 13.4. The Hall–Kier alpha value is -2.16. The Balaban J connectivity index is 2.99. The van der Waals surface area contributed by atoms with E-state index in [2.05, 4.69) is 21.6 Å². The summed E-state index contributed by atoms with van der Waals surface area (Å²) in [5.74, 6) is -0.538. The monoisotopic (exact) mass is 262 g/mol. The van der Waals surface area contributed by atoms with Gasteiger partial charge in [-0.3, -0.25) is 4.79 Å². The van der Waals surface area contributed by atoms with Crippen molar-refractivity contribution >= 4 is 11.8 Å². The highest BCUT2D eigenvalue weighted by Gasteiger charge is 2.31. The van der Waals surface area contributed by atoms with Gasteiger partial charge in [-0.2, -0.15) is 10.4 Å². The standard InChI is InChI=1S/C13H18N4O2/c1-5-13(4,12(18)19)7-15-11-10(6-14)8(2)9(3)16-17-11/h5,7H2,1-4H3,(H,15,17)(H,18,19). The van der Waals surface area contributed by atoms with Gasteiger partial charge in [0, 0.05) is 6.54 Å². The molecule has 0 fully saturated rings. The number of aliphatic carboxylic acids is 1. The van der Waals surface area contributed by atoms with E-state index in [1.807, 2.05) is 6.92 Å². The summed E-state index contributed by atoms with van der Waals surface area (Å²) in [6.45, 7) is 7.24. The molecule has 1 aromatic rings. The molecular formula is C13H18N4O2. The average molecular weight is 262 g/mol. The van der Waals surface area contributed by atoms with Crippen LogP contribution in [-0.2, 0) is 4.79 Å². The smallest absolute Gasteiger partial charge is 0.311 e. The summed E-state index contributed by atoms with van der Waals surface area (Å²) >= 11 is 0. The lowest BCUT2D eigenvalue weighted by Crippen LogP contribution is -2.34. The maximum atomic E-state index is 11.2. The van der Waals surface area contributed by atoms with Crippen molar-refractivity contribution in [1.82, 2.24) is 10.2 Å². The van der Waals surface area contributed by atoms with Crippen molar-refractivity contribution in [3.05, 3.63) is 16.8 Å². The number of anilines is 1. The van der Waals surface area contributed by atoms with Crippen LogP contribution in [0.1, 0.15) is 37.1 Å². The third-order valence-electron chi connectivity index (χ3n) is 3.51. The zero-order chi connectivity index (χ0) is 14.6. The molecule has 1 aromatic heterocycles. The van der Waals surface area contributed by atoms with E-state index in [0.717, 1.165) is 5.56 Å². The van der Waals surface area contributed by atoms with Gasteiger partial charge in [0.2, 0.25) is 0 Å². The molecule has 0 bridgehead atoms. The zero-order valence-corrected chi connectivity index (χ0v) is 11.6. The Bertz CT molecular complexity index is 536. The number of carboxylic acids is 1. The molecule has 0 spiro atoms. The molecule has 102 valence electrons. The molecule has 0 radical (unpaired) electrons. The van der Waals surface area contributed by atoms with Crippen LogP contribution in [0.4, 0.5) is 5.82 Å². The van der Waals surface area contributed by atoms with E-state index in [9.17, 15) is 9.90 Å². The Labute approximate surface area is 112 Å². The summed E-state index contributed by atoms with van der Waals surface area (Å²) in [4.78, 5) is 11.2. The molecule has 0 aliphatic rings. The Morgan fingerprint density at radius 2 is 2.11 bits per heavy atom. The molecule has 19 heavy (non-hydrogen) atoms. The number of rotatable bonds is 5. The number of carbonyl (C=O) groups is 1. The summed E-state index contributed by atoms with van der Waals surface area (Å²) in [5.41, 5.74) is 0.969. The highest BCUT2D eigenvalue weighted by Crippen LogP contribution is 2.23. The predicted molar refractivity (Wildman–Crippen MR) is 70.7 cm³/mol. The SMILES string of the molecule is CCC(C)(CNc1nnc(C)c(C)c1C#N)C(=O)O. The molecule has 0 saturated carbocycles. The molecule has 0 aromatic carbocycles.